The predicted molar refractivity (Wildman–Crippen MR) is 89.5 cm³/mol. The molecule has 1 heterocycles. The van der Waals surface area contributed by atoms with Gasteiger partial charge in [-0.3, -0.25) is 4.79 Å². The number of hydrogen-bond acceptors (Lipinski definition) is 3. The number of rotatable bonds is 3. The van der Waals surface area contributed by atoms with Crippen LogP contribution in [0.15, 0.2) is 54.4 Å². The lowest BCUT2D eigenvalue weighted by Gasteiger charge is -2.23. The molecule has 0 saturated heterocycles. The molecule has 1 aromatic heterocycles. The fraction of sp³-hybridized carbons (Fsp3) is 0.222. The molecule has 1 aromatic carbocycles. The Labute approximate surface area is 131 Å². The van der Waals surface area contributed by atoms with E-state index in [9.17, 15) is 4.79 Å². The fourth-order valence-electron chi connectivity index (χ4n) is 2.79. The molecule has 22 heavy (non-hydrogen) atoms. The lowest BCUT2D eigenvalue weighted by atomic mass is 9.85. The number of carbonyl (C=O) groups is 1. The van der Waals surface area contributed by atoms with Gasteiger partial charge in [0, 0.05) is 24.4 Å². The van der Waals surface area contributed by atoms with Crippen LogP contribution >= 0.6 is 0 Å². The van der Waals surface area contributed by atoms with E-state index in [4.69, 9.17) is 7.85 Å². The third kappa shape index (κ3) is 3.27. The highest BCUT2D eigenvalue weighted by Crippen LogP contribution is 2.31. The number of nitrogens with zero attached hydrogens (tertiary/aromatic N) is 1. The van der Waals surface area contributed by atoms with Crippen molar-refractivity contribution >= 4 is 24.9 Å². The van der Waals surface area contributed by atoms with Gasteiger partial charge in [0.15, 0.2) is 5.78 Å². The highest BCUT2D eigenvalue weighted by molar-refractivity contribution is 6.35. The summed E-state index contributed by atoms with van der Waals surface area (Å²) in [6.07, 6.45) is 4.76. The second-order valence-corrected chi connectivity index (χ2v) is 5.73. The van der Waals surface area contributed by atoms with Crippen LogP contribution in [0.3, 0.4) is 0 Å². The lowest BCUT2D eigenvalue weighted by molar-refractivity contribution is -0.115. The third-order valence-corrected chi connectivity index (χ3v) is 3.85. The highest BCUT2D eigenvalue weighted by Gasteiger charge is 2.22. The minimum absolute atomic E-state index is 0.133. The average Bonchev–Trinajstić information content (AvgIpc) is 2.50. The number of hydrogen-bond donors (Lipinski definition) is 1. The molecule has 1 aliphatic rings. The van der Waals surface area contributed by atoms with E-state index in [-0.39, 0.29) is 11.7 Å². The van der Waals surface area contributed by atoms with Crippen LogP contribution in [-0.2, 0) is 4.79 Å². The standard InChI is InChI=1S/C18H17BN2O/c1-12-7-17(19)18(20-11-12)21-15-8-14(9-16(22)10-15)13-5-3-2-4-6-13/h2-7,10-11,14H,8-9H2,1H3,(H,20,21). The van der Waals surface area contributed by atoms with Crippen LogP contribution in [0.5, 0.6) is 0 Å². The maximum Gasteiger partial charge on any atom is 0.158 e. The Morgan fingerprint density at radius 2 is 2.00 bits per heavy atom. The maximum atomic E-state index is 12.0. The molecular weight excluding hydrogens is 271 g/mol. The van der Waals surface area contributed by atoms with Gasteiger partial charge in [0.05, 0.1) is 0 Å². The number of nitrogens with one attached hydrogen (secondary N) is 1. The highest BCUT2D eigenvalue weighted by atomic mass is 16.1. The predicted octanol–water partition coefficient (Wildman–Crippen LogP) is 2.63. The molecule has 0 spiro atoms. The zero-order chi connectivity index (χ0) is 15.5. The molecule has 108 valence electrons. The summed E-state index contributed by atoms with van der Waals surface area (Å²) in [6.45, 7) is 1.95. The topological polar surface area (TPSA) is 42.0 Å². The van der Waals surface area contributed by atoms with Gasteiger partial charge >= 0.3 is 0 Å². The molecular formula is C18H17BN2O. The second-order valence-electron chi connectivity index (χ2n) is 5.73. The van der Waals surface area contributed by atoms with E-state index < -0.39 is 0 Å². The van der Waals surface area contributed by atoms with Gasteiger partial charge in [-0.05, 0) is 30.4 Å². The first-order chi connectivity index (χ1) is 10.6. The Hall–Kier alpha value is -2.36. The quantitative estimate of drug-likeness (QED) is 0.883. The second kappa shape index (κ2) is 6.18. The Balaban J connectivity index is 1.80. The average molecular weight is 288 g/mol. The van der Waals surface area contributed by atoms with Crippen molar-refractivity contribution in [2.75, 3.05) is 5.32 Å². The van der Waals surface area contributed by atoms with Crippen LogP contribution in [0.2, 0.25) is 0 Å². The van der Waals surface area contributed by atoms with E-state index in [0.29, 0.717) is 17.7 Å². The molecule has 3 nitrogen and oxygen atoms in total. The number of anilines is 1. The smallest absolute Gasteiger partial charge is 0.158 e. The van der Waals surface area contributed by atoms with E-state index in [1.165, 1.54) is 5.56 Å². The number of allylic oxidation sites excluding steroid dienone is 2. The van der Waals surface area contributed by atoms with Gasteiger partial charge in [0.1, 0.15) is 13.7 Å². The minimum atomic E-state index is 0.133. The molecule has 0 amide bonds. The van der Waals surface area contributed by atoms with Crippen LogP contribution in [0.25, 0.3) is 0 Å². The normalized spacial score (nSPS) is 18.0. The Morgan fingerprint density at radius 1 is 1.23 bits per heavy atom. The molecule has 4 heteroatoms. The summed E-state index contributed by atoms with van der Waals surface area (Å²) < 4.78 is 0. The molecule has 1 unspecified atom stereocenters. The zero-order valence-corrected chi connectivity index (χ0v) is 12.5. The monoisotopic (exact) mass is 288 g/mol. The van der Waals surface area contributed by atoms with Gasteiger partial charge in [-0.1, -0.05) is 41.9 Å². The van der Waals surface area contributed by atoms with E-state index in [1.54, 1.807) is 12.3 Å². The van der Waals surface area contributed by atoms with E-state index in [2.05, 4.69) is 22.4 Å². The summed E-state index contributed by atoms with van der Waals surface area (Å²) in [5, 5.41) is 3.21. The van der Waals surface area contributed by atoms with Crippen LogP contribution in [0.4, 0.5) is 5.82 Å². The number of aryl methyl sites for hydroxylation is 1. The molecule has 2 radical (unpaired) electrons. The summed E-state index contributed by atoms with van der Waals surface area (Å²) in [7, 11) is 5.98. The van der Waals surface area contributed by atoms with Crippen LogP contribution in [0.1, 0.15) is 29.9 Å². The molecule has 1 N–H and O–H groups in total. The first-order valence-electron chi connectivity index (χ1n) is 7.39. The number of pyridine rings is 1. The van der Waals surface area contributed by atoms with Gasteiger partial charge < -0.3 is 5.32 Å². The molecule has 2 aromatic rings. The first-order valence-corrected chi connectivity index (χ1v) is 7.39. The van der Waals surface area contributed by atoms with Crippen molar-refractivity contribution in [3.63, 3.8) is 0 Å². The molecule has 1 atom stereocenters. The number of carbonyl (C=O) groups excluding carboxylic acids is 1. The van der Waals surface area contributed by atoms with Gasteiger partial charge in [-0.25, -0.2) is 4.98 Å². The molecule has 0 fully saturated rings. The summed E-state index contributed by atoms with van der Waals surface area (Å²) in [5.74, 6) is 0.944. The van der Waals surface area contributed by atoms with E-state index >= 15 is 0 Å². The molecule has 3 rings (SSSR count). The zero-order valence-electron chi connectivity index (χ0n) is 12.5. The Bertz CT molecular complexity index is 725. The largest absolute Gasteiger partial charge is 0.344 e. The first kappa shape index (κ1) is 14.6. The molecule has 0 aliphatic heterocycles. The van der Waals surface area contributed by atoms with Crippen LogP contribution in [-0.4, -0.2) is 18.6 Å². The molecule has 0 bridgehead atoms. The van der Waals surface area contributed by atoms with Crippen molar-refractivity contribution in [3.8, 4) is 0 Å². The van der Waals surface area contributed by atoms with Crippen molar-refractivity contribution in [3.05, 3.63) is 65.5 Å². The Morgan fingerprint density at radius 3 is 2.73 bits per heavy atom. The van der Waals surface area contributed by atoms with Gasteiger partial charge in [-0.15, -0.1) is 0 Å². The van der Waals surface area contributed by atoms with E-state index in [0.717, 1.165) is 17.7 Å². The summed E-state index contributed by atoms with van der Waals surface area (Å²) in [4.78, 5) is 16.3. The van der Waals surface area contributed by atoms with Crippen molar-refractivity contribution < 1.29 is 4.79 Å². The van der Waals surface area contributed by atoms with Gasteiger partial charge in [0.25, 0.3) is 0 Å². The van der Waals surface area contributed by atoms with Crippen molar-refractivity contribution in [2.45, 2.75) is 25.7 Å². The number of benzene rings is 1. The van der Waals surface area contributed by atoms with Gasteiger partial charge in [-0.2, -0.15) is 0 Å². The fourth-order valence-corrected chi connectivity index (χ4v) is 2.79. The summed E-state index contributed by atoms with van der Waals surface area (Å²) in [6, 6.07) is 12.0. The Kier molecular flexibility index (Phi) is 4.10. The van der Waals surface area contributed by atoms with E-state index in [1.807, 2.05) is 31.2 Å². The van der Waals surface area contributed by atoms with Crippen molar-refractivity contribution in [2.24, 2.45) is 0 Å². The van der Waals surface area contributed by atoms with Gasteiger partial charge in [0.2, 0.25) is 0 Å². The SMILES string of the molecule is [B]c1cc(C)cnc1NC1=CC(=O)CC(c2ccccc2)C1. The maximum absolute atomic E-state index is 12.0. The molecule has 0 saturated carbocycles. The third-order valence-electron chi connectivity index (χ3n) is 3.85. The molecule has 1 aliphatic carbocycles. The van der Waals surface area contributed by atoms with Crippen molar-refractivity contribution in [1.82, 2.24) is 4.98 Å². The lowest BCUT2D eigenvalue weighted by Crippen LogP contribution is -2.20. The minimum Gasteiger partial charge on any atom is -0.344 e. The number of aromatic nitrogens is 1. The van der Waals surface area contributed by atoms with Crippen molar-refractivity contribution in [1.29, 1.82) is 0 Å². The number of ketones is 1. The summed E-state index contributed by atoms with van der Waals surface area (Å²) >= 11 is 0. The van der Waals surface area contributed by atoms with Crippen LogP contribution < -0.4 is 10.8 Å². The summed E-state index contributed by atoms with van der Waals surface area (Å²) in [5.41, 5.74) is 3.66. The van der Waals surface area contributed by atoms with Crippen LogP contribution in [0, 0.1) is 6.92 Å².